The molecule has 0 unspecified atom stereocenters. The van der Waals surface area contributed by atoms with E-state index >= 15 is 0 Å². The Labute approximate surface area is 389 Å². The molecule has 11 aromatic carbocycles. The zero-order valence-electron chi connectivity index (χ0n) is 37.3. The first-order valence-electron chi connectivity index (χ1n) is 23.4. The van der Waals surface area contributed by atoms with Gasteiger partial charge in [0.1, 0.15) is 0 Å². The molecule has 0 fully saturated rings. The molecule has 0 aliphatic heterocycles. The summed E-state index contributed by atoms with van der Waals surface area (Å²) in [7, 11) is 0. The van der Waals surface area contributed by atoms with Crippen molar-refractivity contribution in [3.8, 4) is 55.9 Å². The van der Waals surface area contributed by atoms with Crippen LogP contribution in [0.1, 0.15) is 25.0 Å². The molecular formula is C65H44N2. The van der Waals surface area contributed by atoms with E-state index in [0.717, 1.165) is 0 Å². The van der Waals surface area contributed by atoms with Crippen molar-refractivity contribution >= 4 is 65.2 Å². The molecule has 314 valence electrons. The van der Waals surface area contributed by atoms with Gasteiger partial charge >= 0.3 is 0 Å². The molecule has 0 saturated carbocycles. The van der Waals surface area contributed by atoms with Crippen molar-refractivity contribution in [3.63, 3.8) is 0 Å². The SMILES string of the molecule is CC1(C)c2ccccc2-c2cc(-c3c4cccc(-c5ccc6c(c5)c5ccccc5n6-c5ccccc5)c4cc4c(-c5ccc6c(c5)c5ccccc5n6-c5ccccc5)cccc34)ccc21. The number of nitrogens with zero attached hydrogens (tertiary/aromatic N) is 2. The molecule has 13 aromatic rings. The molecule has 0 saturated heterocycles. The van der Waals surface area contributed by atoms with Crippen LogP contribution in [0.15, 0.2) is 231 Å². The molecular weight excluding hydrogens is 809 g/mol. The average Bonchev–Trinajstić information content (AvgIpc) is 3.98. The van der Waals surface area contributed by atoms with Gasteiger partial charge in [0.05, 0.1) is 22.1 Å². The Bertz CT molecular complexity index is 3950. The van der Waals surface area contributed by atoms with E-state index in [-0.39, 0.29) is 5.41 Å². The van der Waals surface area contributed by atoms with Crippen LogP contribution >= 0.6 is 0 Å². The van der Waals surface area contributed by atoms with Crippen molar-refractivity contribution in [2.45, 2.75) is 19.3 Å². The Morgan fingerprint density at radius 1 is 0.269 bits per heavy atom. The van der Waals surface area contributed by atoms with Gasteiger partial charge in [0.2, 0.25) is 0 Å². The molecule has 0 N–H and O–H groups in total. The minimum atomic E-state index is -0.0732. The molecule has 1 aliphatic carbocycles. The molecule has 67 heavy (non-hydrogen) atoms. The number of benzene rings is 11. The largest absolute Gasteiger partial charge is 0.309 e. The monoisotopic (exact) mass is 852 g/mol. The summed E-state index contributed by atoms with van der Waals surface area (Å²) in [6.07, 6.45) is 0. The van der Waals surface area contributed by atoms with E-state index in [2.05, 4.69) is 254 Å². The first-order chi connectivity index (χ1) is 33.0. The predicted octanol–water partition coefficient (Wildman–Crippen LogP) is 17.5. The van der Waals surface area contributed by atoms with Crippen molar-refractivity contribution in [2.75, 3.05) is 0 Å². The van der Waals surface area contributed by atoms with E-state index < -0.39 is 0 Å². The Hall–Kier alpha value is -8.46. The van der Waals surface area contributed by atoms with E-state index in [1.807, 2.05) is 0 Å². The fourth-order valence-corrected chi connectivity index (χ4v) is 11.8. The highest BCUT2D eigenvalue weighted by Gasteiger charge is 2.35. The standard InChI is InChI=1S/C65H44N2/c1-65(2)58-28-12-9-21-48(58)55-39-43(31-34-59(55)65)64-51-26-15-24-46(41-32-35-62-56(37-41)49-22-10-13-29-60(49)66(62)44-17-5-3-6-18-44)53(51)40-54-47(25-16-27-52(54)64)42-33-36-63-57(38-42)50-23-11-14-30-61(50)67(63)45-19-7-4-8-20-45/h3-40H,1-2H3. The lowest BCUT2D eigenvalue weighted by atomic mass is 9.81. The summed E-state index contributed by atoms with van der Waals surface area (Å²) in [6.45, 7) is 4.73. The van der Waals surface area contributed by atoms with E-state index in [1.54, 1.807) is 0 Å². The first kappa shape index (κ1) is 37.9. The highest BCUT2D eigenvalue weighted by molar-refractivity contribution is 6.20. The third-order valence-corrected chi connectivity index (χ3v) is 14.9. The number of rotatable bonds is 5. The third-order valence-electron chi connectivity index (χ3n) is 14.9. The maximum absolute atomic E-state index is 2.49. The predicted molar refractivity (Wildman–Crippen MR) is 284 cm³/mol. The summed E-state index contributed by atoms with van der Waals surface area (Å²) in [5.41, 5.74) is 19.9. The molecule has 1 aliphatic rings. The molecule has 0 bridgehead atoms. The molecule has 2 heterocycles. The summed E-state index contributed by atoms with van der Waals surface area (Å²) < 4.78 is 4.80. The maximum atomic E-state index is 2.49. The minimum absolute atomic E-state index is 0.0732. The molecule has 0 radical (unpaired) electrons. The topological polar surface area (TPSA) is 9.86 Å². The van der Waals surface area contributed by atoms with Crippen molar-refractivity contribution in [2.24, 2.45) is 0 Å². The van der Waals surface area contributed by atoms with Gasteiger partial charge in [0, 0.05) is 38.3 Å². The van der Waals surface area contributed by atoms with Gasteiger partial charge in [-0.05, 0) is 150 Å². The van der Waals surface area contributed by atoms with Gasteiger partial charge in [0.25, 0.3) is 0 Å². The van der Waals surface area contributed by atoms with E-state index in [1.165, 1.54) is 132 Å². The molecule has 0 atom stereocenters. The van der Waals surface area contributed by atoms with Crippen molar-refractivity contribution in [1.29, 1.82) is 0 Å². The van der Waals surface area contributed by atoms with Crippen molar-refractivity contribution in [3.05, 3.63) is 242 Å². The fraction of sp³-hybridized carbons (Fsp3) is 0.0462. The van der Waals surface area contributed by atoms with Gasteiger partial charge in [0.15, 0.2) is 0 Å². The molecule has 2 nitrogen and oxygen atoms in total. The lowest BCUT2D eigenvalue weighted by Crippen LogP contribution is -2.14. The minimum Gasteiger partial charge on any atom is -0.309 e. The highest BCUT2D eigenvalue weighted by Crippen LogP contribution is 2.51. The van der Waals surface area contributed by atoms with Crippen LogP contribution in [0, 0.1) is 0 Å². The van der Waals surface area contributed by atoms with Crippen LogP contribution in [0.25, 0.3) is 121 Å². The van der Waals surface area contributed by atoms with Gasteiger partial charge in [-0.25, -0.2) is 0 Å². The average molecular weight is 853 g/mol. The zero-order chi connectivity index (χ0) is 44.4. The zero-order valence-corrected chi connectivity index (χ0v) is 37.3. The van der Waals surface area contributed by atoms with Crippen molar-refractivity contribution in [1.82, 2.24) is 9.13 Å². The number of fused-ring (bicyclic) bond motifs is 11. The second-order valence-electron chi connectivity index (χ2n) is 18.8. The second-order valence-corrected chi connectivity index (χ2v) is 18.8. The molecule has 14 rings (SSSR count). The van der Waals surface area contributed by atoms with Crippen molar-refractivity contribution < 1.29 is 0 Å². The van der Waals surface area contributed by atoms with Crippen LogP contribution < -0.4 is 0 Å². The van der Waals surface area contributed by atoms with E-state index in [9.17, 15) is 0 Å². The van der Waals surface area contributed by atoms with Gasteiger partial charge < -0.3 is 9.13 Å². The van der Waals surface area contributed by atoms with Gasteiger partial charge in [-0.2, -0.15) is 0 Å². The van der Waals surface area contributed by atoms with Gasteiger partial charge in [-0.15, -0.1) is 0 Å². The summed E-state index contributed by atoms with van der Waals surface area (Å²) in [5, 5.41) is 9.99. The Balaban J connectivity index is 1.05. The summed E-state index contributed by atoms with van der Waals surface area (Å²) in [5.74, 6) is 0. The first-order valence-corrected chi connectivity index (χ1v) is 23.4. The number of para-hydroxylation sites is 4. The molecule has 2 aromatic heterocycles. The smallest absolute Gasteiger partial charge is 0.0541 e. The molecule has 0 spiro atoms. The quantitative estimate of drug-likeness (QED) is 0.153. The third kappa shape index (κ3) is 5.51. The highest BCUT2D eigenvalue weighted by atomic mass is 15.0. The summed E-state index contributed by atoms with van der Waals surface area (Å²) in [6, 6.07) is 85.8. The second kappa shape index (κ2) is 14.3. The number of aromatic nitrogens is 2. The molecule has 0 amide bonds. The van der Waals surface area contributed by atoms with E-state index in [0.29, 0.717) is 0 Å². The summed E-state index contributed by atoms with van der Waals surface area (Å²) >= 11 is 0. The Kier molecular flexibility index (Phi) is 8.06. The van der Waals surface area contributed by atoms with Gasteiger partial charge in [-0.1, -0.05) is 172 Å². The lowest BCUT2D eigenvalue weighted by Gasteiger charge is -2.22. The fourth-order valence-electron chi connectivity index (χ4n) is 11.8. The van der Waals surface area contributed by atoms with Crippen LogP contribution in [-0.4, -0.2) is 9.13 Å². The van der Waals surface area contributed by atoms with Gasteiger partial charge in [-0.3, -0.25) is 0 Å². The van der Waals surface area contributed by atoms with Crippen LogP contribution in [0.2, 0.25) is 0 Å². The Morgan fingerprint density at radius 3 is 1.27 bits per heavy atom. The normalized spacial score (nSPS) is 13.0. The van der Waals surface area contributed by atoms with Crippen LogP contribution in [-0.2, 0) is 5.41 Å². The Morgan fingerprint density at radius 2 is 0.701 bits per heavy atom. The molecule has 2 heteroatoms. The van der Waals surface area contributed by atoms with Crippen LogP contribution in [0.5, 0.6) is 0 Å². The lowest BCUT2D eigenvalue weighted by molar-refractivity contribution is 0.660. The van der Waals surface area contributed by atoms with E-state index in [4.69, 9.17) is 0 Å². The number of hydrogen-bond acceptors (Lipinski definition) is 0. The van der Waals surface area contributed by atoms with Crippen LogP contribution in [0.4, 0.5) is 0 Å². The summed E-state index contributed by atoms with van der Waals surface area (Å²) in [4.78, 5) is 0. The number of hydrogen-bond donors (Lipinski definition) is 0. The maximum Gasteiger partial charge on any atom is 0.0541 e. The van der Waals surface area contributed by atoms with Crippen LogP contribution in [0.3, 0.4) is 0 Å².